The van der Waals surface area contributed by atoms with E-state index in [1.54, 1.807) is 24.3 Å². The third kappa shape index (κ3) is 4.42. The van der Waals surface area contributed by atoms with Crippen molar-refractivity contribution in [2.24, 2.45) is 0 Å². The Labute approximate surface area is 134 Å². The van der Waals surface area contributed by atoms with E-state index >= 15 is 0 Å². The molecule has 0 fully saturated rings. The molecule has 0 bridgehead atoms. The second kappa shape index (κ2) is 7.92. The molecule has 6 nitrogen and oxygen atoms in total. The summed E-state index contributed by atoms with van der Waals surface area (Å²) < 4.78 is 27.6. The molecule has 0 radical (unpaired) electrons. The molecule has 1 N–H and O–H groups in total. The van der Waals surface area contributed by atoms with Gasteiger partial charge in [-0.15, -0.1) is 0 Å². The van der Waals surface area contributed by atoms with Gasteiger partial charge in [0.2, 0.25) is 0 Å². The van der Waals surface area contributed by atoms with E-state index in [9.17, 15) is 9.36 Å². The van der Waals surface area contributed by atoms with Gasteiger partial charge in [0.05, 0.1) is 11.0 Å². The zero-order valence-corrected chi connectivity index (χ0v) is 13.8. The molecular formula is C16H18NO5P. The van der Waals surface area contributed by atoms with Crippen molar-refractivity contribution in [3.63, 3.8) is 0 Å². The van der Waals surface area contributed by atoms with Gasteiger partial charge in [-0.25, -0.2) is 4.79 Å². The number of hydrogen-bond donors (Lipinski definition) is 1. The number of ether oxygens (including phenoxy) is 1. The van der Waals surface area contributed by atoms with Crippen LogP contribution < -0.4 is 10.6 Å². The first-order valence-corrected chi connectivity index (χ1v) is 8.42. The van der Waals surface area contributed by atoms with Gasteiger partial charge in [-0.2, -0.15) is 0 Å². The first kappa shape index (κ1) is 17.2. The molecule has 2 aromatic rings. The zero-order valence-electron chi connectivity index (χ0n) is 12.9. The number of carbonyl (C=O) groups excluding carboxylic acids is 1. The van der Waals surface area contributed by atoms with Crippen LogP contribution in [0, 0.1) is 0 Å². The minimum atomic E-state index is -3.47. The van der Waals surface area contributed by atoms with Crippen molar-refractivity contribution in [3.8, 4) is 0 Å². The third-order valence-corrected chi connectivity index (χ3v) is 5.07. The Morgan fingerprint density at radius 2 is 1.61 bits per heavy atom. The lowest BCUT2D eigenvalue weighted by Crippen LogP contribution is -2.20. The largest absolute Gasteiger partial charge is 0.444 e. The van der Waals surface area contributed by atoms with Crippen LogP contribution in [0.5, 0.6) is 0 Å². The molecule has 0 aliphatic heterocycles. The lowest BCUT2D eigenvalue weighted by Gasteiger charge is -2.17. The van der Waals surface area contributed by atoms with Gasteiger partial charge in [0.1, 0.15) is 6.61 Å². The summed E-state index contributed by atoms with van der Waals surface area (Å²) >= 11 is 0. The molecule has 122 valence electrons. The summed E-state index contributed by atoms with van der Waals surface area (Å²) in [5.41, 5.74) is 1.19. The van der Waals surface area contributed by atoms with Crippen molar-refractivity contribution < 1.29 is 23.1 Å². The van der Waals surface area contributed by atoms with Crippen LogP contribution in [0.25, 0.3) is 0 Å². The highest BCUT2D eigenvalue weighted by molar-refractivity contribution is 7.62. The van der Waals surface area contributed by atoms with Crippen molar-refractivity contribution in [1.29, 1.82) is 0 Å². The van der Waals surface area contributed by atoms with Crippen LogP contribution in [0.15, 0.2) is 54.6 Å². The van der Waals surface area contributed by atoms with E-state index in [1.807, 2.05) is 30.3 Å². The van der Waals surface area contributed by atoms with Crippen LogP contribution in [-0.2, 0) is 25.0 Å². The summed E-state index contributed by atoms with van der Waals surface area (Å²) in [4.78, 5) is 11.9. The van der Waals surface area contributed by atoms with Gasteiger partial charge < -0.3 is 13.8 Å². The number of hydrogen-bond acceptors (Lipinski definition) is 5. The van der Waals surface area contributed by atoms with Crippen LogP contribution in [0.1, 0.15) is 5.56 Å². The summed E-state index contributed by atoms with van der Waals surface area (Å²) in [6.07, 6.45) is -0.653. The second-order valence-electron chi connectivity index (χ2n) is 4.57. The SMILES string of the molecule is COP(=O)(OC)c1ccccc1NC(=O)OCc1ccccc1. The van der Waals surface area contributed by atoms with Gasteiger partial charge in [0, 0.05) is 14.2 Å². The summed E-state index contributed by atoms with van der Waals surface area (Å²) in [6.45, 7) is 0.140. The molecular weight excluding hydrogens is 317 g/mol. The Morgan fingerprint density at radius 1 is 1.00 bits per heavy atom. The van der Waals surface area contributed by atoms with Crippen LogP contribution in [0.2, 0.25) is 0 Å². The Hall–Kier alpha value is -2.14. The predicted octanol–water partition coefficient (Wildman–Crippen LogP) is 3.55. The number of para-hydroxylation sites is 1. The van der Waals surface area contributed by atoms with Crippen LogP contribution in [0.4, 0.5) is 10.5 Å². The number of carbonyl (C=O) groups is 1. The molecule has 0 spiro atoms. The van der Waals surface area contributed by atoms with Gasteiger partial charge in [0.25, 0.3) is 0 Å². The van der Waals surface area contributed by atoms with Crippen LogP contribution in [0.3, 0.4) is 0 Å². The number of anilines is 1. The smallest absolute Gasteiger partial charge is 0.411 e. The van der Waals surface area contributed by atoms with E-state index in [2.05, 4.69) is 5.32 Å². The van der Waals surface area contributed by atoms with E-state index in [-0.39, 0.29) is 11.9 Å². The maximum Gasteiger partial charge on any atom is 0.411 e. The average molecular weight is 335 g/mol. The van der Waals surface area contributed by atoms with E-state index in [1.165, 1.54) is 14.2 Å². The molecule has 0 atom stereocenters. The number of nitrogens with one attached hydrogen (secondary N) is 1. The van der Waals surface area contributed by atoms with Gasteiger partial charge in [-0.3, -0.25) is 9.88 Å². The number of amides is 1. The fourth-order valence-corrected chi connectivity index (χ4v) is 3.20. The summed E-state index contributed by atoms with van der Waals surface area (Å²) in [5.74, 6) is 0. The van der Waals surface area contributed by atoms with Crippen LogP contribution >= 0.6 is 7.60 Å². The maximum absolute atomic E-state index is 12.5. The van der Waals surface area contributed by atoms with E-state index in [0.29, 0.717) is 5.69 Å². The van der Waals surface area contributed by atoms with Gasteiger partial charge in [-0.1, -0.05) is 42.5 Å². The monoisotopic (exact) mass is 335 g/mol. The maximum atomic E-state index is 12.5. The summed E-state index contributed by atoms with van der Waals surface area (Å²) in [6, 6.07) is 15.9. The van der Waals surface area contributed by atoms with Crippen molar-refractivity contribution >= 4 is 24.7 Å². The standard InChI is InChI=1S/C16H18NO5P/c1-20-23(19,21-2)15-11-7-6-10-14(15)17-16(18)22-12-13-8-4-3-5-9-13/h3-11H,12H2,1-2H3,(H,17,18). The molecule has 0 aliphatic carbocycles. The fraction of sp³-hybridized carbons (Fsp3) is 0.188. The lowest BCUT2D eigenvalue weighted by atomic mass is 10.2. The molecule has 0 unspecified atom stereocenters. The molecule has 0 aliphatic rings. The average Bonchev–Trinajstić information content (AvgIpc) is 2.60. The van der Waals surface area contributed by atoms with Crippen LogP contribution in [-0.4, -0.2) is 20.3 Å². The highest BCUT2D eigenvalue weighted by atomic mass is 31.2. The Bertz CT molecular complexity index is 697. The molecule has 2 aromatic carbocycles. The first-order valence-electron chi connectivity index (χ1n) is 6.88. The fourth-order valence-electron chi connectivity index (χ4n) is 1.96. The molecule has 0 aromatic heterocycles. The quantitative estimate of drug-likeness (QED) is 0.817. The lowest BCUT2D eigenvalue weighted by molar-refractivity contribution is 0.155. The van der Waals surface area contributed by atoms with Gasteiger partial charge in [-0.05, 0) is 17.7 Å². The van der Waals surface area contributed by atoms with Gasteiger partial charge >= 0.3 is 13.7 Å². The molecule has 0 saturated heterocycles. The number of rotatable bonds is 6. The van der Waals surface area contributed by atoms with E-state index < -0.39 is 13.7 Å². The van der Waals surface area contributed by atoms with Crippen molar-refractivity contribution in [2.45, 2.75) is 6.61 Å². The second-order valence-corrected chi connectivity index (χ2v) is 6.77. The molecule has 0 heterocycles. The zero-order chi connectivity index (χ0) is 16.7. The van der Waals surface area contributed by atoms with Crippen molar-refractivity contribution in [3.05, 3.63) is 60.2 Å². The van der Waals surface area contributed by atoms with Crippen molar-refractivity contribution in [2.75, 3.05) is 19.5 Å². The summed E-state index contributed by atoms with van der Waals surface area (Å²) in [7, 11) is -0.902. The first-order chi connectivity index (χ1) is 11.1. The Balaban J connectivity index is 2.08. The molecule has 1 amide bonds. The molecule has 0 saturated carbocycles. The van der Waals surface area contributed by atoms with Crippen molar-refractivity contribution in [1.82, 2.24) is 0 Å². The molecule has 23 heavy (non-hydrogen) atoms. The Kier molecular flexibility index (Phi) is 5.93. The number of benzene rings is 2. The molecule has 7 heteroatoms. The topological polar surface area (TPSA) is 73.9 Å². The minimum absolute atomic E-state index is 0.140. The molecule has 2 rings (SSSR count). The highest BCUT2D eigenvalue weighted by Gasteiger charge is 2.28. The summed E-state index contributed by atoms with van der Waals surface area (Å²) in [5, 5.41) is 2.83. The Morgan fingerprint density at radius 3 is 2.26 bits per heavy atom. The third-order valence-electron chi connectivity index (χ3n) is 3.13. The highest BCUT2D eigenvalue weighted by Crippen LogP contribution is 2.47. The van der Waals surface area contributed by atoms with E-state index in [4.69, 9.17) is 13.8 Å². The van der Waals surface area contributed by atoms with E-state index in [0.717, 1.165) is 5.56 Å². The minimum Gasteiger partial charge on any atom is -0.444 e. The predicted molar refractivity (Wildman–Crippen MR) is 88.0 cm³/mol. The normalized spacial score (nSPS) is 11.0. The van der Waals surface area contributed by atoms with Gasteiger partial charge in [0.15, 0.2) is 0 Å².